The number of carbonyl (C=O) groups is 1. The van der Waals surface area contributed by atoms with Gasteiger partial charge in [-0.05, 0) is 31.5 Å². The minimum Gasteiger partial charge on any atom is -0.494 e. The number of benzene rings is 1. The summed E-state index contributed by atoms with van der Waals surface area (Å²) in [4.78, 5) is 29.3. The molecule has 0 aliphatic heterocycles. The fourth-order valence-electron chi connectivity index (χ4n) is 2.71. The second-order valence-corrected chi connectivity index (χ2v) is 6.77. The number of carbonyl (C=O) groups excluding carboxylic acids is 1. The van der Waals surface area contributed by atoms with E-state index in [0.29, 0.717) is 36.6 Å². The maximum absolute atomic E-state index is 12.1. The summed E-state index contributed by atoms with van der Waals surface area (Å²) in [5.41, 5.74) is 2.43. The van der Waals surface area contributed by atoms with Crippen LogP contribution in [-0.4, -0.2) is 28.4 Å². The van der Waals surface area contributed by atoms with E-state index >= 15 is 0 Å². The molecule has 1 N–H and O–H groups in total. The van der Waals surface area contributed by atoms with Crippen molar-refractivity contribution in [3.63, 3.8) is 0 Å². The lowest BCUT2D eigenvalue weighted by atomic mass is 10.1. The number of aryl methyl sites for hydroxylation is 1. The molecule has 0 radical (unpaired) electrons. The van der Waals surface area contributed by atoms with Gasteiger partial charge in [0.15, 0.2) is 4.96 Å². The van der Waals surface area contributed by atoms with E-state index in [1.54, 1.807) is 4.40 Å². The van der Waals surface area contributed by atoms with E-state index in [1.165, 1.54) is 17.4 Å². The summed E-state index contributed by atoms with van der Waals surface area (Å²) < 4.78 is 7.00. The molecule has 7 heteroatoms. The molecular formula is C19H21N3O3S. The molecule has 2 aromatic heterocycles. The first-order valence-corrected chi connectivity index (χ1v) is 9.40. The Morgan fingerprint density at radius 2 is 2.08 bits per heavy atom. The monoisotopic (exact) mass is 371 g/mol. The molecule has 26 heavy (non-hydrogen) atoms. The number of amides is 1. The first-order chi connectivity index (χ1) is 12.6. The predicted molar refractivity (Wildman–Crippen MR) is 102 cm³/mol. The molecule has 0 unspecified atom stereocenters. The molecule has 3 rings (SSSR count). The Morgan fingerprint density at radius 1 is 1.31 bits per heavy atom. The number of aromatic nitrogens is 2. The Bertz CT molecular complexity index is 960. The third-order valence-electron chi connectivity index (χ3n) is 3.91. The van der Waals surface area contributed by atoms with E-state index in [9.17, 15) is 9.59 Å². The van der Waals surface area contributed by atoms with E-state index in [4.69, 9.17) is 4.74 Å². The summed E-state index contributed by atoms with van der Waals surface area (Å²) in [6.07, 6.45) is 0.900. The van der Waals surface area contributed by atoms with Gasteiger partial charge in [-0.3, -0.25) is 14.0 Å². The summed E-state index contributed by atoms with van der Waals surface area (Å²) >= 11 is 1.44. The Balaban J connectivity index is 1.55. The van der Waals surface area contributed by atoms with Gasteiger partial charge in [0.1, 0.15) is 5.75 Å². The largest absolute Gasteiger partial charge is 0.494 e. The molecule has 136 valence electrons. The normalized spacial score (nSPS) is 10.8. The Labute approximate surface area is 155 Å². The SMILES string of the molecule is CCOc1ccc(CC(=O)NCCc2csc3nc(C)cc(=O)n23)cc1. The highest BCUT2D eigenvalue weighted by Gasteiger charge is 2.09. The quantitative estimate of drug-likeness (QED) is 0.692. The third-order valence-corrected chi connectivity index (χ3v) is 4.78. The third kappa shape index (κ3) is 4.29. The average Bonchev–Trinajstić information content (AvgIpc) is 3.00. The smallest absolute Gasteiger partial charge is 0.258 e. The second kappa shape index (κ2) is 8.14. The number of ether oxygens (including phenoxy) is 1. The van der Waals surface area contributed by atoms with Crippen molar-refractivity contribution in [2.24, 2.45) is 0 Å². The van der Waals surface area contributed by atoms with Crippen LogP contribution in [0.25, 0.3) is 4.96 Å². The average molecular weight is 371 g/mol. The van der Waals surface area contributed by atoms with Gasteiger partial charge in [-0.25, -0.2) is 4.98 Å². The minimum absolute atomic E-state index is 0.0463. The molecule has 0 saturated heterocycles. The fourth-order valence-corrected chi connectivity index (χ4v) is 3.68. The van der Waals surface area contributed by atoms with Gasteiger partial charge in [-0.15, -0.1) is 11.3 Å². The molecule has 0 fully saturated rings. The van der Waals surface area contributed by atoms with Crippen molar-refractivity contribution in [1.82, 2.24) is 14.7 Å². The summed E-state index contributed by atoms with van der Waals surface area (Å²) in [5, 5.41) is 4.82. The molecule has 1 aromatic carbocycles. The number of fused-ring (bicyclic) bond motifs is 1. The summed E-state index contributed by atoms with van der Waals surface area (Å²) in [5.74, 6) is 0.755. The highest BCUT2D eigenvalue weighted by molar-refractivity contribution is 7.15. The Hall–Kier alpha value is -2.67. The minimum atomic E-state index is -0.0792. The Morgan fingerprint density at radius 3 is 2.81 bits per heavy atom. The highest BCUT2D eigenvalue weighted by Crippen LogP contribution is 2.14. The molecule has 0 bridgehead atoms. The van der Waals surface area contributed by atoms with Crippen molar-refractivity contribution in [3.05, 3.63) is 63.0 Å². The highest BCUT2D eigenvalue weighted by atomic mass is 32.1. The van der Waals surface area contributed by atoms with E-state index < -0.39 is 0 Å². The molecule has 6 nitrogen and oxygen atoms in total. The number of thiazole rings is 1. The van der Waals surface area contributed by atoms with Crippen LogP contribution < -0.4 is 15.6 Å². The lowest BCUT2D eigenvalue weighted by Crippen LogP contribution is -2.28. The molecule has 0 atom stereocenters. The van der Waals surface area contributed by atoms with Gasteiger partial charge in [-0.2, -0.15) is 0 Å². The molecular weight excluding hydrogens is 350 g/mol. The lowest BCUT2D eigenvalue weighted by Gasteiger charge is -2.07. The zero-order valence-corrected chi connectivity index (χ0v) is 15.6. The van der Waals surface area contributed by atoms with Gasteiger partial charge in [0.25, 0.3) is 5.56 Å². The zero-order chi connectivity index (χ0) is 18.5. The molecule has 0 aliphatic carbocycles. The predicted octanol–water partition coefficient (Wildman–Crippen LogP) is 2.36. The van der Waals surface area contributed by atoms with E-state index in [2.05, 4.69) is 10.3 Å². The first kappa shape index (κ1) is 18.1. The van der Waals surface area contributed by atoms with Crippen molar-refractivity contribution in [2.75, 3.05) is 13.2 Å². The van der Waals surface area contributed by atoms with Crippen molar-refractivity contribution in [3.8, 4) is 5.75 Å². The number of nitrogens with one attached hydrogen (secondary N) is 1. The molecule has 0 saturated carbocycles. The van der Waals surface area contributed by atoms with E-state index in [-0.39, 0.29) is 11.5 Å². The second-order valence-electron chi connectivity index (χ2n) is 5.93. The van der Waals surface area contributed by atoms with Crippen LogP contribution in [0, 0.1) is 6.92 Å². The van der Waals surface area contributed by atoms with Crippen molar-refractivity contribution < 1.29 is 9.53 Å². The van der Waals surface area contributed by atoms with Crippen LogP contribution in [0.2, 0.25) is 0 Å². The van der Waals surface area contributed by atoms with Gasteiger partial charge >= 0.3 is 0 Å². The number of nitrogens with zero attached hydrogens (tertiary/aromatic N) is 2. The zero-order valence-electron chi connectivity index (χ0n) is 14.8. The van der Waals surface area contributed by atoms with Crippen molar-refractivity contribution >= 4 is 22.2 Å². The fraction of sp³-hybridized carbons (Fsp3) is 0.316. The Kier molecular flexibility index (Phi) is 5.68. The number of hydrogen-bond donors (Lipinski definition) is 1. The van der Waals surface area contributed by atoms with E-state index in [0.717, 1.165) is 17.0 Å². The molecule has 2 heterocycles. The molecule has 0 aliphatic rings. The maximum atomic E-state index is 12.1. The molecule has 1 amide bonds. The standard InChI is InChI=1S/C19H21N3O3S/c1-3-25-16-6-4-14(5-7-16)11-17(23)20-9-8-15-12-26-19-21-13(2)10-18(24)22(15)19/h4-7,10,12H,3,8-9,11H2,1-2H3,(H,20,23). The van der Waals surface area contributed by atoms with E-state index in [1.807, 2.05) is 43.5 Å². The van der Waals surface area contributed by atoms with Gasteiger partial charge in [-0.1, -0.05) is 12.1 Å². The van der Waals surface area contributed by atoms with Gasteiger partial charge in [0, 0.05) is 35.8 Å². The maximum Gasteiger partial charge on any atom is 0.258 e. The van der Waals surface area contributed by atoms with Crippen LogP contribution >= 0.6 is 11.3 Å². The molecule has 0 spiro atoms. The van der Waals surface area contributed by atoms with Crippen LogP contribution in [0.15, 0.2) is 40.5 Å². The summed E-state index contributed by atoms with van der Waals surface area (Å²) in [6, 6.07) is 9.04. The van der Waals surface area contributed by atoms with Crippen LogP contribution in [0.5, 0.6) is 5.75 Å². The number of hydrogen-bond acceptors (Lipinski definition) is 5. The van der Waals surface area contributed by atoms with Gasteiger partial charge in [0.2, 0.25) is 5.91 Å². The van der Waals surface area contributed by atoms with Crippen LogP contribution in [-0.2, 0) is 17.6 Å². The molecule has 3 aromatic rings. The van der Waals surface area contributed by atoms with Crippen molar-refractivity contribution in [2.45, 2.75) is 26.7 Å². The van der Waals surface area contributed by atoms with Gasteiger partial charge < -0.3 is 10.1 Å². The summed E-state index contributed by atoms with van der Waals surface area (Å²) in [7, 11) is 0. The van der Waals surface area contributed by atoms with Crippen molar-refractivity contribution in [1.29, 1.82) is 0 Å². The lowest BCUT2D eigenvalue weighted by molar-refractivity contribution is -0.120. The first-order valence-electron chi connectivity index (χ1n) is 8.52. The van der Waals surface area contributed by atoms with Gasteiger partial charge in [0.05, 0.1) is 13.0 Å². The van der Waals surface area contributed by atoms with Crippen LogP contribution in [0.4, 0.5) is 0 Å². The van der Waals surface area contributed by atoms with Crippen LogP contribution in [0.3, 0.4) is 0 Å². The topological polar surface area (TPSA) is 72.7 Å². The number of rotatable bonds is 7. The summed E-state index contributed by atoms with van der Waals surface area (Å²) in [6.45, 7) is 4.84. The van der Waals surface area contributed by atoms with Crippen LogP contribution in [0.1, 0.15) is 23.9 Å².